The highest BCUT2D eigenvalue weighted by molar-refractivity contribution is 5.94. The number of hydrogen-bond donors (Lipinski definition) is 1. The SMILES string of the molecule is CN1C(=O)C[C@@H](CNC(=O)c2ccn(C)c(=O)c2)[C@@H]1c1cnn(Cc2ccccc2)c1. The van der Waals surface area contributed by atoms with Gasteiger partial charge in [0.1, 0.15) is 0 Å². The smallest absolute Gasteiger partial charge is 0.251 e. The molecule has 0 unspecified atom stereocenters. The zero-order valence-corrected chi connectivity index (χ0v) is 17.6. The Morgan fingerprint density at radius 1 is 1.16 bits per heavy atom. The van der Waals surface area contributed by atoms with E-state index in [1.165, 1.54) is 10.6 Å². The van der Waals surface area contributed by atoms with Crippen molar-refractivity contribution in [3.63, 3.8) is 0 Å². The molecule has 0 spiro atoms. The van der Waals surface area contributed by atoms with Crippen LogP contribution < -0.4 is 10.9 Å². The third kappa shape index (κ3) is 4.42. The van der Waals surface area contributed by atoms with Crippen LogP contribution in [0.2, 0.25) is 0 Å². The largest absolute Gasteiger partial charge is 0.352 e. The summed E-state index contributed by atoms with van der Waals surface area (Å²) in [6.07, 6.45) is 5.66. The van der Waals surface area contributed by atoms with Crippen LogP contribution in [0.25, 0.3) is 0 Å². The van der Waals surface area contributed by atoms with Crippen molar-refractivity contribution in [1.29, 1.82) is 0 Å². The maximum absolute atomic E-state index is 12.5. The Bertz CT molecular complexity index is 1150. The number of likely N-dealkylation sites (tertiary alicyclic amines) is 1. The highest BCUT2D eigenvalue weighted by atomic mass is 16.2. The number of hydrogen-bond acceptors (Lipinski definition) is 4. The van der Waals surface area contributed by atoms with Gasteiger partial charge in [-0.05, 0) is 11.6 Å². The molecule has 0 saturated carbocycles. The number of aryl methyl sites for hydroxylation is 1. The molecule has 4 rings (SSSR count). The van der Waals surface area contributed by atoms with Crippen LogP contribution in [0.15, 0.2) is 65.8 Å². The van der Waals surface area contributed by atoms with Gasteiger partial charge in [0.2, 0.25) is 5.91 Å². The van der Waals surface area contributed by atoms with Crippen molar-refractivity contribution in [1.82, 2.24) is 24.6 Å². The van der Waals surface area contributed by atoms with Gasteiger partial charge >= 0.3 is 0 Å². The molecule has 2 atom stereocenters. The van der Waals surface area contributed by atoms with E-state index >= 15 is 0 Å². The fourth-order valence-electron chi connectivity index (χ4n) is 4.04. The maximum Gasteiger partial charge on any atom is 0.251 e. The van der Waals surface area contributed by atoms with E-state index < -0.39 is 0 Å². The average molecular weight is 419 g/mol. The Kier molecular flexibility index (Phi) is 5.70. The van der Waals surface area contributed by atoms with E-state index in [9.17, 15) is 14.4 Å². The Labute approximate surface area is 180 Å². The molecule has 2 aromatic heterocycles. The number of benzene rings is 1. The maximum atomic E-state index is 12.5. The average Bonchev–Trinajstić information content (AvgIpc) is 3.32. The molecule has 1 saturated heterocycles. The van der Waals surface area contributed by atoms with Gasteiger partial charge in [0.15, 0.2) is 0 Å². The Hall–Kier alpha value is -3.68. The van der Waals surface area contributed by atoms with Gasteiger partial charge in [-0.15, -0.1) is 0 Å². The molecular formula is C23H25N5O3. The molecular weight excluding hydrogens is 394 g/mol. The van der Waals surface area contributed by atoms with Crippen LogP contribution >= 0.6 is 0 Å². The van der Waals surface area contributed by atoms with Gasteiger partial charge in [0.05, 0.1) is 18.8 Å². The summed E-state index contributed by atoms with van der Waals surface area (Å²) in [4.78, 5) is 38.4. The molecule has 1 aliphatic heterocycles. The molecule has 1 fully saturated rings. The number of rotatable bonds is 6. The zero-order valence-electron chi connectivity index (χ0n) is 17.6. The van der Waals surface area contributed by atoms with Crippen LogP contribution in [0.1, 0.15) is 33.9 Å². The zero-order chi connectivity index (χ0) is 22.0. The third-order valence-electron chi connectivity index (χ3n) is 5.77. The number of nitrogens with one attached hydrogen (secondary N) is 1. The summed E-state index contributed by atoms with van der Waals surface area (Å²) in [5.74, 6) is -0.366. The molecule has 3 aromatic rings. The standard InChI is InChI=1S/C23H25N5O3/c1-26-9-8-17(10-20(26)29)23(31)24-12-18-11-21(30)27(2)22(18)19-13-25-28(15-19)14-16-6-4-3-5-7-16/h3-10,13,15,18,22H,11-12,14H2,1-2H3,(H,24,31)/t18-,22+/m0/s1. The van der Waals surface area contributed by atoms with Crippen LogP contribution in [0.4, 0.5) is 0 Å². The fourth-order valence-corrected chi connectivity index (χ4v) is 4.04. The first-order valence-electron chi connectivity index (χ1n) is 10.2. The van der Waals surface area contributed by atoms with Crippen molar-refractivity contribution in [3.8, 4) is 0 Å². The molecule has 1 aliphatic rings. The van der Waals surface area contributed by atoms with Gasteiger partial charge in [-0.1, -0.05) is 30.3 Å². The summed E-state index contributed by atoms with van der Waals surface area (Å²) in [5, 5.41) is 7.35. The highest BCUT2D eigenvalue weighted by Crippen LogP contribution is 2.36. The summed E-state index contributed by atoms with van der Waals surface area (Å²) in [5.41, 5.74) is 2.16. The number of amides is 2. The van der Waals surface area contributed by atoms with E-state index in [4.69, 9.17) is 0 Å². The van der Waals surface area contributed by atoms with Crippen molar-refractivity contribution in [2.75, 3.05) is 13.6 Å². The minimum Gasteiger partial charge on any atom is -0.352 e. The molecule has 8 nitrogen and oxygen atoms in total. The van der Waals surface area contributed by atoms with Crippen LogP contribution in [0.5, 0.6) is 0 Å². The van der Waals surface area contributed by atoms with Crippen LogP contribution in [-0.4, -0.2) is 44.7 Å². The van der Waals surface area contributed by atoms with Crippen LogP contribution in [-0.2, 0) is 18.4 Å². The molecule has 8 heteroatoms. The molecule has 1 aromatic carbocycles. The van der Waals surface area contributed by atoms with Gasteiger partial charge < -0.3 is 14.8 Å². The minimum absolute atomic E-state index is 0.0358. The normalized spacial score (nSPS) is 18.4. The molecule has 2 amide bonds. The monoisotopic (exact) mass is 419 g/mol. The lowest BCUT2D eigenvalue weighted by Gasteiger charge is -2.24. The van der Waals surface area contributed by atoms with E-state index in [0.29, 0.717) is 25.1 Å². The number of pyridine rings is 1. The van der Waals surface area contributed by atoms with E-state index in [1.807, 2.05) is 41.2 Å². The van der Waals surface area contributed by atoms with Gasteiger partial charge in [0, 0.05) is 62.6 Å². The van der Waals surface area contributed by atoms with Crippen LogP contribution in [0.3, 0.4) is 0 Å². The topological polar surface area (TPSA) is 89.2 Å². The molecule has 31 heavy (non-hydrogen) atoms. The second-order valence-electron chi connectivity index (χ2n) is 7.95. The second kappa shape index (κ2) is 8.59. The minimum atomic E-state index is -0.321. The van der Waals surface area contributed by atoms with Crippen molar-refractivity contribution in [3.05, 3.63) is 88.1 Å². The summed E-state index contributed by atoms with van der Waals surface area (Å²) < 4.78 is 3.27. The first-order chi connectivity index (χ1) is 14.9. The van der Waals surface area contributed by atoms with Gasteiger partial charge in [-0.2, -0.15) is 5.10 Å². The number of aromatic nitrogens is 3. The molecule has 3 heterocycles. The molecule has 160 valence electrons. The predicted molar refractivity (Wildman–Crippen MR) is 115 cm³/mol. The van der Waals surface area contributed by atoms with Gasteiger partial charge in [0.25, 0.3) is 11.5 Å². The van der Waals surface area contributed by atoms with E-state index in [0.717, 1.165) is 11.1 Å². The van der Waals surface area contributed by atoms with Crippen molar-refractivity contribution >= 4 is 11.8 Å². The van der Waals surface area contributed by atoms with E-state index in [-0.39, 0.29) is 29.3 Å². The Morgan fingerprint density at radius 2 is 1.94 bits per heavy atom. The van der Waals surface area contributed by atoms with Gasteiger partial charge in [-0.25, -0.2) is 0 Å². The van der Waals surface area contributed by atoms with Crippen molar-refractivity contribution in [2.45, 2.75) is 19.0 Å². The Morgan fingerprint density at radius 3 is 2.68 bits per heavy atom. The number of nitrogens with zero attached hydrogens (tertiary/aromatic N) is 4. The van der Waals surface area contributed by atoms with Crippen LogP contribution in [0, 0.1) is 5.92 Å². The highest BCUT2D eigenvalue weighted by Gasteiger charge is 2.39. The van der Waals surface area contributed by atoms with Crippen molar-refractivity contribution in [2.24, 2.45) is 13.0 Å². The summed E-state index contributed by atoms with van der Waals surface area (Å²) in [6, 6.07) is 12.8. The number of carbonyl (C=O) groups excluding carboxylic acids is 2. The quantitative estimate of drug-likeness (QED) is 0.657. The lowest BCUT2D eigenvalue weighted by molar-refractivity contribution is -0.127. The summed E-state index contributed by atoms with van der Waals surface area (Å²) >= 11 is 0. The number of carbonyl (C=O) groups is 2. The first kappa shape index (κ1) is 20.6. The molecule has 0 bridgehead atoms. The lowest BCUT2D eigenvalue weighted by atomic mass is 9.95. The predicted octanol–water partition coefficient (Wildman–Crippen LogP) is 1.58. The Balaban J connectivity index is 1.46. The fraction of sp³-hybridized carbons (Fsp3) is 0.304. The lowest BCUT2D eigenvalue weighted by Crippen LogP contribution is -2.33. The molecule has 1 N–H and O–H groups in total. The van der Waals surface area contributed by atoms with E-state index in [2.05, 4.69) is 10.4 Å². The third-order valence-corrected chi connectivity index (χ3v) is 5.77. The summed E-state index contributed by atoms with van der Waals surface area (Å²) in [6.45, 7) is 0.980. The van der Waals surface area contributed by atoms with E-state index in [1.54, 1.807) is 37.5 Å². The summed E-state index contributed by atoms with van der Waals surface area (Å²) in [7, 11) is 3.41. The van der Waals surface area contributed by atoms with Gasteiger partial charge in [-0.3, -0.25) is 19.1 Å². The first-order valence-corrected chi connectivity index (χ1v) is 10.2. The molecule has 0 radical (unpaired) electrons. The van der Waals surface area contributed by atoms with Crippen molar-refractivity contribution < 1.29 is 9.59 Å². The second-order valence-corrected chi connectivity index (χ2v) is 7.95. The molecule has 0 aliphatic carbocycles.